The molecule has 1 saturated carbocycles. The lowest BCUT2D eigenvalue weighted by Crippen LogP contribution is -2.36. The van der Waals surface area contributed by atoms with Crippen molar-refractivity contribution in [3.8, 4) is 17.4 Å². The summed E-state index contributed by atoms with van der Waals surface area (Å²) in [6.07, 6.45) is 5.16. The van der Waals surface area contributed by atoms with Crippen molar-refractivity contribution in [1.29, 1.82) is 0 Å². The Morgan fingerprint density at radius 1 is 1.15 bits per heavy atom. The molecule has 9 nitrogen and oxygen atoms in total. The van der Waals surface area contributed by atoms with Crippen molar-refractivity contribution in [2.75, 3.05) is 25.0 Å². The molecule has 0 atom stereocenters. The van der Waals surface area contributed by atoms with Crippen LogP contribution in [-0.4, -0.2) is 35.8 Å². The van der Waals surface area contributed by atoms with Gasteiger partial charge >= 0.3 is 0 Å². The number of amides is 1. The van der Waals surface area contributed by atoms with E-state index in [2.05, 4.69) is 20.6 Å². The van der Waals surface area contributed by atoms with Crippen molar-refractivity contribution in [2.45, 2.75) is 38.3 Å². The second-order valence-electron chi connectivity index (χ2n) is 8.40. The number of ether oxygens (including phenoxy) is 3. The molecule has 5 rings (SSSR count). The molecule has 9 heteroatoms. The summed E-state index contributed by atoms with van der Waals surface area (Å²) in [5, 5.41) is 6.63. The number of nitrogen functional groups attached to an aromatic ring is 1. The minimum absolute atomic E-state index is 0.0191. The number of aromatic nitrogens is 2. The predicted molar refractivity (Wildman–Crippen MR) is 124 cm³/mol. The molecule has 33 heavy (non-hydrogen) atoms. The van der Waals surface area contributed by atoms with Gasteiger partial charge in [0.05, 0.1) is 18.3 Å². The predicted octanol–water partition coefficient (Wildman–Crippen LogP) is 3.24. The highest BCUT2D eigenvalue weighted by molar-refractivity contribution is 6.00. The Balaban J connectivity index is 1.16. The van der Waals surface area contributed by atoms with Gasteiger partial charge in [0.2, 0.25) is 18.6 Å². The second kappa shape index (κ2) is 9.11. The van der Waals surface area contributed by atoms with Crippen LogP contribution >= 0.6 is 0 Å². The Hall–Kier alpha value is -3.59. The lowest BCUT2D eigenvalue weighted by Gasteiger charge is -2.28. The van der Waals surface area contributed by atoms with Crippen LogP contribution in [0.4, 0.5) is 11.4 Å². The van der Waals surface area contributed by atoms with Crippen molar-refractivity contribution < 1.29 is 19.0 Å². The molecule has 1 fully saturated rings. The summed E-state index contributed by atoms with van der Waals surface area (Å²) in [6, 6.07) is 9.45. The summed E-state index contributed by atoms with van der Waals surface area (Å²) < 4.78 is 16.0. The Kier molecular flexibility index (Phi) is 5.87. The molecule has 0 radical (unpaired) electrons. The summed E-state index contributed by atoms with van der Waals surface area (Å²) in [7, 11) is 1.57. The maximum Gasteiger partial charge on any atom is 0.231 e. The fourth-order valence-corrected chi connectivity index (χ4v) is 4.42. The fourth-order valence-electron chi connectivity index (χ4n) is 4.42. The molecule has 0 bridgehead atoms. The molecule has 2 aliphatic rings. The Labute approximate surface area is 191 Å². The number of anilines is 2. The highest BCUT2D eigenvalue weighted by Gasteiger charge is 2.27. The number of pyridine rings is 2. The number of rotatable bonds is 6. The van der Waals surface area contributed by atoms with Gasteiger partial charge in [0.15, 0.2) is 11.5 Å². The number of carbonyl (C=O) groups is 1. The van der Waals surface area contributed by atoms with Crippen molar-refractivity contribution in [3.05, 3.63) is 42.1 Å². The summed E-state index contributed by atoms with van der Waals surface area (Å²) in [4.78, 5) is 21.7. The summed E-state index contributed by atoms with van der Waals surface area (Å²) >= 11 is 0. The molecule has 1 aromatic carbocycles. The smallest absolute Gasteiger partial charge is 0.231 e. The highest BCUT2D eigenvalue weighted by Crippen LogP contribution is 2.36. The molecule has 2 aromatic heterocycles. The fraction of sp³-hybridized carbons (Fsp3) is 0.375. The van der Waals surface area contributed by atoms with E-state index in [1.807, 2.05) is 18.2 Å². The van der Waals surface area contributed by atoms with Crippen molar-refractivity contribution in [2.24, 2.45) is 5.92 Å². The van der Waals surface area contributed by atoms with Gasteiger partial charge in [-0.25, -0.2) is 4.98 Å². The number of hydrogen-bond donors (Lipinski definition) is 3. The van der Waals surface area contributed by atoms with E-state index in [1.54, 1.807) is 25.4 Å². The lowest BCUT2D eigenvalue weighted by atomic mass is 9.85. The molecule has 0 saturated heterocycles. The van der Waals surface area contributed by atoms with Gasteiger partial charge in [-0.15, -0.1) is 0 Å². The first-order chi connectivity index (χ1) is 16.1. The van der Waals surface area contributed by atoms with Crippen LogP contribution in [0.25, 0.3) is 11.0 Å². The molecule has 4 N–H and O–H groups in total. The van der Waals surface area contributed by atoms with Crippen LogP contribution in [0, 0.1) is 5.92 Å². The van der Waals surface area contributed by atoms with Crippen molar-refractivity contribution in [3.63, 3.8) is 0 Å². The Morgan fingerprint density at radius 3 is 2.73 bits per heavy atom. The van der Waals surface area contributed by atoms with Crippen molar-refractivity contribution >= 4 is 28.3 Å². The van der Waals surface area contributed by atoms with Crippen LogP contribution in [0.1, 0.15) is 31.2 Å². The molecule has 0 spiro atoms. The molecular weight excluding hydrogens is 422 g/mol. The summed E-state index contributed by atoms with van der Waals surface area (Å²) in [5.74, 6) is 1.90. The van der Waals surface area contributed by atoms with Gasteiger partial charge in [-0.2, -0.15) is 0 Å². The second-order valence-corrected chi connectivity index (χ2v) is 8.40. The third-order valence-electron chi connectivity index (χ3n) is 6.34. The monoisotopic (exact) mass is 449 g/mol. The molecule has 3 heterocycles. The normalized spacial score (nSPS) is 19.4. The highest BCUT2D eigenvalue weighted by atomic mass is 16.7. The largest absolute Gasteiger partial charge is 0.481 e. The van der Waals surface area contributed by atoms with E-state index in [0.29, 0.717) is 46.6 Å². The zero-order valence-electron chi connectivity index (χ0n) is 18.5. The van der Waals surface area contributed by atoms with Gasteiger partial charge in [-0.1, -0.05) is 0 Å². The van der Waals surface area contributed by atoms with Crippen LogP contribution in [-0.2, 0) is 11.3 Å². The zero-order valence-corrected chi connectivity index (χ0v) is 18.5. The number of methoxy groups -OCH3 is 1. The Morgan fingerprint density at radius 2 is 1.94 bits per heavy atom. The lowest BCUT2D eigenvalue weighted by molar-refractivity contribution is -0.120. The number of benzene rings is 1. The van der Waals surface area contributed by atoms with Crippen LogP contribution in [0.15, 0.2) is 36.5 Å². The van der Waals surface area contributed by atoms with E-state index in [1.165, 1.54) is 0 Å². The molecule has 0 unspecified atom stereocenters. The van der Waals surface area contributed by atoms with Gasteiger partial charge in [0, 0.05) is 42.5 Å². The minimum Gasteiger partial charge on any atom is -0.481 e. The first-order valence-corrected chi connectivity index (χ1v) is 11.1. The number of nitrogens with two attached hydrogens (primary N) is 1. The van der Waals surface area contributed by atoms with Crippen LogP contribution in [0.5, 0.6) is 17.4 Å². The molecule has 1 aliphatic heterocycles. The number of nitrogens with zero attached hydrogens (tertiary/aromatic N) is 2. The summed E-state index contributed by atoms with van der Waals surface area (Å²) in [5.41, 5.74) is 9.83. The van der Waals surface area contributed by atoms with E-state index < -0.39 is 0 Å². The number of hydrogen-bond acceptors (Lipinski definition) is 8. The molecule has 172 valence electrons. The quantitative estimate of drug-likeness (QED) is 0.491. The zero-order chi connectivity index (χ0) is 22.8. The van der Waals surface area contributed by atoms with Crippen molar-refractivity contribution in [1.82, 2.24) is 15.3 Å². The van der Waals surface area contributed by atoms with Gasteiger partial charge in [-0.3, -0.25) is 9.78 Å². The van der Waals surface area contributed by atoms with Crippen LogP contribution < -0.4 is 30.6 Å². The van der Waals surface area contributed by atoms with Crippen LogP contribution in [0.3, 0.4) is 0 Å². The van der Waals surface area contributed by atoms with E-state index in [9.17, 15) is 4.79 Å². The Bertz CT molecular complexity index is 1180. The standard InChI is InChI=1S/C24H27N5O4/c1-31-22-7-6-18-23(29-22)19(8-9-26-18)28-24(30)14-2-4-16(5-3-14)27-12-15-10-20-21(11-17(15)25)33-13-32-20/h6-11,14,16,27H,2-5,12-13,25H2,1H3,(H,26,28,30). The third kappa shape index (κ3) is 4.49. The van der Waals surface area contributed by atoms with Gasteiger partial charge in [0.1, 0.15) is 5.52 Å². The first-order valence-electron chi connectivity index (χ1n) is 11.1. The topological polar surface area (TPSA) is 121 Å². The van der Waals surface area contributed by atoms with E-state index in [-0.39, 0.29) is 18.6 Å². The number of nitrogens with one attached hydrogen (secondary N) is 2. The number of carbonyl (C=O) groups excluding carboxylic acids is 1. The van der Waals surface area contributed by atoms with Crippen LogP contribution in [0.2, 0.25) is 0 Å². The van der Waals surface area contributed by atoms with E-state index in [0.717, 1.165) is 37.0 Å². The van der Waals surface area contributed by atoms with Gasteiger partial charge in [0.25, 0.3) is 0 Å². The molecular formula is C24H27N5O4. The average Bonchev–Trinajstić information content (AvgIpc) is 3.30. The molecule has 1 amide bonds. The minimum atomic E-state index is -0.0347. The third-order valence-corrected chi connectivity index (χ3v) is 6.34. The first kappa shape index (κ1) is 21.3. The average molecular weight is 450 g/mol. The van der Waals surface area contributed by atoms with E-state index >= 15 is 0 Å². The molecule has 3 aromatic rings. The maximum atomic E-state index is 13.0. The summed E-state index contributed by atoms with van der Waals surface area (Å²) in [6.45, 7) is 0.886. The maximum absolute atomic E-state index is 13.0. The van der Waals surface area contributed by atoms with E-state index in [4.69, 9.17) is 19.9 Å². The molecule has 1 aliphatic carbocycles. The van der Waals surface area contributed by atoms with Gasteiger partial charge < -0.3 is 30.6 Å². The SMILES string of the molecule is COc1ccc2nccc(NC(=O)C3CCC(NCc4cc5c(cc4N)OCO5)CC3)c2n1. The number of fused-ring (bicyclic) bond motifs is 2. The van der Waals surface area contributed by atoms with Gasteiger partial charge in [-0.05, 0) is 49.4 Å².